The zero-order valence-corrected chi connectivity index (χ0v) is 7.70. The van der Waals surface area contributed by atoms with E-state index in [9.17, 15) is 4.79 Å². The van der Waals surface area contributed by atoms with E-state index >= 15 is 0 Å². The number of likely N-dealkylation sites (tertiary alicyclic amines) is 1. The first kappa shape index (κ1) is 10.4. The van der Waals surface area contributed by atoms with Gasteiger partial charge in [-0.15, -0.1) is 0 Å². The van der Waals surface area contributed by atoms with Gasteiger partial charge in [0.25, 0.3) is 0 Å². The van der Waals surface area contributed by atoms with E-state index in [0.717, 1.165) is 25.9 Å². The number of nitrogens with zero attached hydrogens (tertiary/aromatic N) is 1. The van der Waals surface area contributed by atoms with Gasteiger partial charge >= 0.3 is 5.97 Å². The average molecular weight is 187 g/mol. The highest BCUT2D eigenvalue weighted by Gasteiger charge is 2.24. The molecule has 4 N–H and O–H groups in total. The smallest absolute Gasteiger partial charge is 0.307 e. The Balaban J connectivity index is 2.29. The number of piperidine rings is 1. The van der Waals surface area contributed by atoms with Crippen LogP contribution < -0.4 is 11.3 Å². The molecular weight excluding hydrogens is 170 g/mol. The number of aliphatic carboxylic acids is 1. The van der Waals surface area contributed by atoms with Gasteiger partial charge in [0.2, 0.25) is 0 Å². The second kappa shape index (κ2) is 5.16. The van der Waals surface area contributed by atoms with Crippen LogP contribution in [0.3, 0.4) is 0 Å². The third kappa shape index (κ3) is 3.30. The molecule has 0 saturated carbocycles. The number of carboxylic acid groups (broad SMARTS) is 1. The summed E-state index contributed by atoms with van der Waals surface area (Å²) < 4.78 is 0. The highest BCUT2D eigenvalue weighted by molar-refractivity contribution is 5.70. The van der Waals surface area contributed by atoms with Gasteiger partial charge in [-0.25, -0.2) is 0 Å². The van der Waals surface area contributed by atoms with Gasteiger partial charge in [0.1, 0.15) is 0 Å². The first-order chi connectivity index (χ1) is 6.24. The Hall–Kier alpha value is -0.650. The number of nitrogens with two attached hydrogens (primary N) is 1. The fourth-order valence-electron chi connectivity index (χ4n) is 1.68. The van der Waals surface area contributed by atoms with Crippen molar-refractivity contribution in [1.29, 1.82) is 0 Å². The molecule has 1 saturated heterocycles. The number of hydrogen-bond donors (Lipinski definition) is 3. The third-order valence-electron chi connectivity index (χ3n) is 2.43. The van der Waals surface area contributed by atoms with E-state index in [-0.39, 0.29) is 5.92 Å². The van der Waals surface area contributed by atoms with Gasteiger partial charge in [0.05, 0.1) is 5.92 Å². The molecule has 0 aromatic rings. The van der Waals surface area contributed by atoms with Crippen LogP contribution in [-0.4, -0.2) is 42.2 Å². The van der Waals surface area contributed by atoms with Crippen LogP contribution in [-0.2, 0) is 4.79 Å². The number of carboxylic acids is 1. The van der Waals surface area contributed by atoms with Crippen molar-refractivity contribution >= 4 is 5.97 Å². The van der Waals surface area contributed by atoms with Crippen LogP contribution in [0.4, 0.5) is 0 Å². The van der Waals surface area contributed by atoms with Crippen LogP contribution in [0.15, 0.2) is 0 Å². The second-order valence-corrected chi connectivity index (χ2v) is 3.43. The Morgan fingerprint density at radius 2 is 2.46 bits per heavy atom. The van der Waals surface area contributed by atoms with Gasteiger partial charge in [-0.05, 0) is 19.4 Å². The van der Waals surface area contributed by atoms with Crippen LogP contribution in [0, 0.1) is 5.92 Å². The van der Waals surface area contributed by atoms with Gasteiger partial charge in [0, 0.05) is 19.6 Å². The van der Waals surface area contributed by atoms with Crippen LogP contribution >= 0.6 is 0 Å². The van der Waals surface area contributed by atoms with Crippen LogP contribution in [0.2, 0.25) is 0 Å². The standard InChI is InChI=1S/C8H17N3O2/c9-10-3-5-11-4-1-2-7(6-11)8(12)13/h7,10H,1-6,9H2,(H,12,13). The van der Waals surface area contributed by atoms with E-state index in [1.54, 1.807) is 0 Å². The second-order valence-electron chi connectivity index (χ2n) is 3.43. The SMILES string of the molecule is NNCCN1CCCC(C(=O)O)C1. The average Bonchev–Trinajstić information content (AvgIpc) is 2.15. The van der Waals surface area contributed by atoms with Crippen molar-refractivity contribution in [1.82, 2.24) is 10.3 Å². The third-order valence-corrected chi connectivity index (χ3v) is 2.43. The summed E-state index contributed by atoms with van der Waals surface area (Å²) in [5, 5.41) is 8.81. The Labute approximate surface area is 77.9 Å². The van der Waals surface area contributed by atoms with E-state index in [4.69, 9.17) is 10.9 Å². The lowest BCUT2D eigenvalue weighted by atomic mass is 9.98. The summed E-state index contributed by atoms with van der Waals surface area (Å²) in [7, 11) is 0. The number of nitrogens with one attached hydrogen (secondary N) is 1. The maximum atomic E-state index is 10.7. The number of carbonyl (C=O) groups is 1. The fourth-order valence-corrected chi connectivity index (χ4v) is 1.68. The molecule has 0 aromatic heterocycles. The van der Waals surface area contributed by atoms with E-state index in [0.29, 0.717) is 13.1 Å². The van der Waals surface area contributed by atoms with Crippen molar-refractivity contribution in [3.63, 3.8) is 0 Å². The van der Waals surface area contributed by atoms with Crippen LogP contribution in [0.25, 0.3) is 0 Å². The van der Waals surface area contributed by atoms with Gasteiger partial charge in [-0.1, -0.05) is 0 Å². The number of hydrazine groups is 1. The van der Waals surface area contributed by atoms with Crippen molar-refractivity contribution in [3.05, 3.63) is 0 Å². The first-order valence-electron chi connectivity index (χ1n) is 4.62. The molecular formula is C8H17N3O2. The largest absolute Gasteiger partial charge is 0.481 e. The lowest BCUT2D eigenvalue weighted by Crippen LogP contribution is -2.42. The van der Waals surface area contributed by atoms with Crippen molar-refractivity contribution in [3.8, 4) is 0 Å². The van der Waals surface area contributed by atoms with Gasteiger partial charge < -0.3 is 10.0 Å². The molecule has 1 aliphatic rings. The van der Waals surface area contributed by atoms with E-state index in [2.05, 4.69) is 10.3 Å². The molecule has 0 aromatic carbocycles. The maximum absolute atomic E-state index is 10.7. The summed E-state index contributed by atoms with van der Waals surface area (Å²) in [4.78, 5) is 12.8. The van der Waals surface area contributed by atoms with Crippen molar-refractivity contribution in [2.45, 2.75) is 12.8 Å². The highest BCUT2D eigenvalue weighted by atomic mass is 16.4. The minimum Gasteiger partial charge on any atom is -0.481 e. The molecule has 76 valence electrons. The van der Waals surface area contributed by atoms with E-state index in [1.807, 2.05) is 0 Å². The molecule has 0 spiro atoms. The Kier molecular flexibility index (Phi) is 4.14. The molecule has 5 nitrogen and oxygen atoms in total. The van der Waals surface area contributed by atoms with E-state index in [1.165, 1.54) is 0 Å². The minimum absolute atomic E-state index is 0.188. The maximum Gasteiger partial charge on any atom is 0.307 e. The van der Waals surface area contributed by atoms with Crippen molar-refractivity contribution in [2.24, 2.45) is 11.8 Å². The minimum atomic E-state index is -0.676. The fraction of sp³-hybridized carbons (Fsp3) is 0.875. The Morgan fingerprint density at radius 3 is 3.08 bits per heavy atom. The molecule has 1 fully saturated rings. The molecule has 0 amide bonds. The Bertz CT molecular complexity index is 175. The molecule has 1 unspecified atom stereocenters. The zero-order valence-electron chi connectivity index (χ0n) is 7.70. The van der Waals surface area contributed by atoms with E-state index < -0.39 is 5.97 Å². The molecule has 1 atom stereocenters. The number of hydrogen-bond acceptors (Lipinski definition) is 4. The first-order valence-corrected chi connectivity index (χ1v) is 4.62. The monoisotopic (exact) mass is 187 g/mol. The molecule has 1 heterocycles. The van der Waals surface area contributed by atoms with Crippen LogP contribution in [0.5, 0.6) is 0 Å². The summed E-state index contributed by atoms with van der Waals surface area (Å²) >= 11 is 0. The summed E-state index contributed by atoms with van der Waals surface area (Å²) in [5.74, 6) is 4.28. The van der Waals surface area contributed by atoms with Gasteiger partial charge in [-0.2, -0.15) is 0 Å². The molecule has 0 aliphatic carbocycles. The predicted octanol–water partition coefficient (Wildman–Crippen LogP) is -0.754. The molecule has 0 radical (unpaired) electrons. The molecule has 1 rings (SSSR count). The van der Waals surface area contributed by atoms with Gasteiger partial charge in [-0.3, -0.25) is 16.1 Å². The normalized spacial score (nSPS) is 24.5. The lowest BCUT2D eigenvalue weighted by molar-refractivity contribution is -0.143. The van der Waals surface area contributed by atoms with Crippen molar-refractivity contribution < 1.29 is 9.90 Å². The highest BCUT2D eigenvalue weighted by Crippen LogP contribution is 2.15. The summed E-state index contributed by atoms with van der Waals surface area (Å²) in [6.45, 7) is 3.20. The lowest BCUT2D eigenvalue weighted by Gasteiger charge is -2.30. The zero-order chi connectivity index (χ0) is 9.68. The predicted molar refractivity (Wildman–Crippen MR) is 49.0 cm³/mol. The quantitative estimate of drug-likeness (QED) is 0.398. The van der Waals surface area contributed by atoms with Gasteiger partial charge in [0.15, 0.2) is 0 Å². The van der Waals surface area contributed by atoms with Crippen LogP contribution in [0.1, 0.15) is 12.8 Å². The molecule has 0 bridgehead atoms. The topological polar surface area (TPSA) is 78.6 Å². The summed E-state index contributed by atoms with van der Waals surface area (Å²) in [6.07, 6.45) is 1.78. The molecule has 13 heavy (non-hydrogen) atoms. The Morgan fingerprint density at radius 1 is 1.69 bits per heavy atom. The molecule has 5 heteroatoms. The summed E-state index contributed by atoms with van der Waals surface area (Å²) in [6, 6.07) is 0. The molecule has 1 aliphatic heterocycles. The van der Waals surface area contributed by atoms with Crippen molar-refractivity contribution in [2.75, 3.05) is 26.2 Å². The number of rotatable bonds is 4. The summed E-state index contributed by atoms with van der Waals surface area (Å²) in [5.41, 5.74) is 2.57.